The Morgan fingerprint density at radius 3 is 2.40 bits per heavy atom. The molecule has 6 heteroatoms. The summed E-state index contributed by atoms with van der Waals surface area (Å²) in [4.78, 5) is 12.3. The number of esters is 1. The van der Waals surface area contributed by atoms with Crippen molar-refractivity contribution in [1.29, 1.82) is 0 Å². The molecule has 0 spiro atoms. The molecule has 0 bridgehead atoms. The summed E-state index contributed by atoms with van der Waals surface area (Å²) in [5.74, 6) is -0.453. The minimum absolute atomic E-state index is 0.126. The van der Waals surface area contributed by atoms with E-state index in [0.717, 1.165) is 22.3 Å². The van der Waals surface area contributed by atoms with E-state index in [0.29, 0.717) is 18.0 Å². The number of ether oxygens (including phenoxy) is 1. The van der Waals surface area contributed by atoms with Crippen molar-refractivity contribution < 1.29 is 17.9 Å². The van der Waals surface area contributed by atoms with Gasteiger partial charge in [-0.2, -0.15) is 4.31 Å². The van der Waals surface area contributed by atoms with Gasteiger partial charge in [0.15, 0.2) is 0 Å². The van der Waals surface area contributed by atoms with Crippen molar-refractivity contribution in [1.82, 2.24) is 4.31 Å². The quantitative estimate of drug-likeness (QED) is 0.514. The molecule has 0 aromatic heterocycles. The summed E-state index contributed by atoms with van der Waals surface area (Å²) in [5, 5.41) is 0. The third kappa shape index (κ3) is 5.07. The number of carbonyl (C=O) groups is 1. The van der Waals surface area contributed by atoms with Crippen LogP contribution < -0.4 is 0 Å². The highest BCUT2D eigenvalue weighted by atomic mass is 32.2. The molecule has 0 aliphatic carbocycles. The van der Waals surface area contributed by atoms with Crippen molar-refractivity contribution in [2.45, 2.75) is 25.2 Å². The Bertz CT molecular complexity index is 1050. The Morgan fingerprint density at radius 1 is 1.10 bits per heavy atom. The van der Waals surface area contributed by atoms with Gasteiger partial charge in [0.2, 0.25) is 10.0 Å². The molecule has 0 saturated carbocycles. The fourth-order valence-corrected chi connectivity index (χ4v) is 4.86. The number of hydrogen-bond donors (Lipinski definition) is 0. The Labute approximate surface area is 178 Å². The molecule has 0 saturated heterocycles. The smallest absolute Gasteiger partial charge is 0.309 e. The van der Waals surface area contributed by atoms with Crippen LogP contribution in [0.2, 0.25) is 0 Å². The number of benzene rings is 2. The predicted molar refractivity (Wildman–Crippen MR) is 118 cm³/mol. The standard InChI is InChI=1S/C24H27NO4S/c1-18-9-11-23(12-10-18)30(27,28)25-14-13-19(2)22(17-25)15-21(16-24(26)29-3)20-7-5-4-6-8-20/h4-13,15,22H,14,16-17H2,1-3H3/b21-15-. The molecule has 158 valence electrons. The molecular weight excluding hydrogens is 398 g/mol. The number of carbonyl (C=O) groups excluding carboxylic acids is 1. The van der Waals surface area contributed by atoms with Gasteiger partial charge in [-0.1, -0.05) is 65.8 Å². The average Bonchev–Trinajstić information content (AvgIpc) is 2.75. The van der Waals surface area contributed by atoms with Gasteiger partial charge in [0, 0.05) is 19.0 Å². The van der Waals surface area contributed by atoms with Gasteiger partial charge in [0.05, 0.1) is 18.4 Å². The van der Waals surface area contributed by atoms with Crippen molar-refractivity contribution in [2.24, 2.45) is 5.92 Å². The number of sulfonamides is 1. The maximum atomic E-state index is 13.1. The second kappa shape index (κ2) is 9.41. The molecule has 1 heterocycles. The SMILES string of the molecule is COC(=O)C/C(=C/C1CN(S(=O)(=O)c2ccc(C)cc2)CC=C1C)c1ccccc1. The van der Waals surface area contributed by atoms with E-state index in [1.807, 2.05) is 56.3 Å². The normalized spacial score (nSPS) is 18.0. The molecule has 3 rings (SSSR count). The van der Waals surface area contributed by atoms with E-state index < -0.39 is 10.0 Å². The Morgan fingerprint density at radius 2 is 1.77 bits per heavy atom. The summed E-state index contributed by atoms with van der Waals surface area (Å²) in [6.45, 7) is 4.59. The lowest BCUT2D eigenvalue weighted by molar-refractivity contribution is -0.139. The van der Waals surface area contributed by atoms with E-state index in [4.69, 9.17) is 4.74 Å². The van der Waals surface area contributed by atoms with Gasteiger partial charge < -0.3 is 4.74 Å². The summed E-state index contributed by atoms with van der Waals surface area (Å²) in [6, 6.07) is 16.5. The summed E-state index contributed by atoms with van der Waals surface area (Å²) < 4.78 is 32.6. The Balaban J connectivity index is 1.92. The van der Waals surface area contributed by atoms with Crippen LogP contribution in [0.5, 0.6) is 0 Å². The highest BCUT2D eigenvalue weighted by Gasteiger charge is 2.29. The van der Waals surface area contributed by atoms with Crippen LogP contribution in [-0.2, 0) is 19.6 Å². The van der Waals surface area contributed by atoms with Gasteiger partial charge in [-0.15, -0.1) is 0 Å². The minimum atomic E-state index is -3.60. The maximum absolute atomic E-state index is 13.1. The van der Waals surface area contributed by atoms with Gasteiger partial charge in [-0.3, -0.25) is 4.79 Å². The molecule has 1 aliphatic heterocycles. The van der Waals surface area contributed by atoms with Gasteiger partial charge in [-0.05, 0) is 37.1 Å². The Kier molecular flexibility index (Phi) is 6.90. The van der Waals surface area contributed by atoms with Crippen molar-refractivity contribution >= 4 is 21.6 Å². The van der Waals surface area contributed by atoms with Crippen molar-refractivity contribution in [3.05, 3.63) is 83.4 Å². The fourth-order valence-electron chi connectivity index (χ4n) is 3.45. The van der Waals surface area contributed by atoms with E-state index in [-0.39, 0.29) is 18.3 Å². The third-order valence-electron chi connectivity index (χ3n) is 5.37. The number of nitrogens with zero attached hydrogens (tertiary/aromatic N) is 1. The highest BCUT2D eigenvalue weighted by molar-refractivity contribution is 7.89. The lowest BCUT2D eigenvalue weighted by atomic mass is 9.91. The largest absolute Gasteiger partial charge is 0.469 e. The average molecular weight is 426 g/mol. The molecule has 0 amide bonds. The second-order valence-corrected chi connectivity index (χ2v) is 9.44. The zero-order chi connectivity index (χ0) is 21.7. The molecule has 1 aliphatic rings. The van der Waals surface area contributed by atoms with E-state index in [9.17, 15) is 13.2 Å². The molecule has 2 aromatic carbocycles. The fraction of sp³-hybridized carbons (Fsp3) is 0.292. The van der Waals surface area contributed by atoms with E-state index in [2.05, 4.69) is 0 Å². The predicted octanol–water partition coefficient (Wildman–Crippen LogP) is 4.21. The van der Waals surface area contributed by atoms with Crippen LogP contribution in [0.25, 0.3) is 5.57 Å². The summed E-state index contributed by atoms with van der Waals surface area (Å²) in [5.41, 5.74) is 3.85. The minimum Gasteiger partial charge on any atom is -0.469 e. The van der Waals surface area contributed by atoms with Gasteiger partial charge in [0.1, 0.15) is 0 Å². The van der Waals surface area contributed by atoms with Gasteiger partial charge in [0.25, 0.3) is 0 Å². The maximum Gasteiger partial charge on any atom is 0.309 e. The Hall–Kier alpha value is -2.70. The van der Waals surface area contributed by atoms with Gasteiger partial charge >= 0.3 is 5.97 Å². The molecule has 0 fully saturated rings. The first-order valence-electron chi connectivity index (χ1n) is 9.87. The summed E-state index contributed by atoms with van der Waals surface area (Å²) >= 11 is 0. The van der Waals surface area contributed by atoms with E-state index in [1.54, 1.807) is 24.3 Å². The van der Waals surface area contributed by atoms with Gasteiger partial charge in [-0.25, -0.2) is 8.42 Å². The first kappa shape index (κ1) is 22.0. The van der Waals surface area contributed by atoms with Crippen LogP contribution in [0.1, 0.15) is 24.5 Å². The molecular formula is C24H27NO4S. The zero-order valence-electron chi connectivity index (χ0n) is 17.5. The van der Waals surface area contributed by atoms with Crippen molar-refractivity contribution in [2.75, 3.05) is 20.2 Å². The molecule has 0 N–H and O–H groups in total. The monoisotopic (exact) mass is 425 g/mol. The summed E-state index contributed by atoms with van der Waals surface area (Å²) in [6.07, 6.45) is 4.07. The van der Waals surface area contributed by atoms with Crippen molar-refractivity contribution in [3.63, 3.8) is 0 Å². The molecule has 1 unspecified atom stereocenters. The first-order chi connectivity index (χ1) is 14.3. The van der Waals surface area contributed by atoms with Crippen LogP contribution in [-0.4, -0.2) is 38.9 Å². The summed E-state index contributed by atoms with van der Waals surface area (Å²) in [7, 11) is -2.23. The van der Waals surface area contributed by atoms with Crippen LogP contribution in [0, 0.1) is 12.8 Å². The number of methoxy groups -OCH3 is 1. The first-order valence-corrected chi connectivity index (χ1v) is 11.3. The van der Waals surface area contributed by atoms with E-state index in [1.165, 1.54) is 11.4 Å². The van der Waals surface area contributed by atoms with Crippen molar-refractivity contribution in [3.8, 4) is 0 Å². The topological polar surface area (TPSA) is 63.7 Å². The van der Waals surface area contributed by atoms with Crippen LogP contribution in [0.4, 0.5) is 0 Å². The highest BCUT2D eigenvalue weighted by Crippen LogP contribution is 2.29. The number of hydrogen-bond acceptors (Lipinski definition) is 4. The van der Waals surface area contributed by atoms with Crippen LogP contribution in [0.3, 0.4) is 0 Å². The molecule has 2 aromatic rings. The third-order valence-corrected chi connectivity index (χ3v) is 7.22. The van der Waals surface area contributed by atoms with Crippen LogP contribution in [0.15, 0.2) is 77.2 Å². The molecule has 30 heavy (non-hydrogen) atoms. The number of rotatable bonds is 6. The molecule has 1 atom stereocenters. The molecule has 0 radical (unpaired) electrons. The lowest BCUT2D eigenvalue weighted by Crippen LogP contribution is -2.38. The molecule has 5 nitrogen and oxygen atoms in total. The number of aryl methyl sites for hydroxylation is 1. The second-order valence-electron chi connectivity index (χ2n) is 7.50. The van der Waals surface area contributed by atoms with Crippen LogP contribution >= 0.6 is 0 Å². The van der Waals surface area contributed by atoms with E-state index >= 15 is 0 Å². The zero-order valence-corrected chi connectivity index (χ0v) is 18.4. The lowest BCUT2D eigenvalue weighted by Gasteiger charge is -2.30.